The Morgan fingerprint density at radius 3 is 2.41 bits per heavy atom. The molecule has 4 atom stereocenters. The minimum atomic E-state index is 0.448. The largest absolute Gasteiger partial charge is 0.0890 e. The van der Waals surface area contributed by atoms with Gasteiger partial charge in [-0.3, -0.25) is 0 Å². The first kappa shape index (κ1) is 14.4. The zero-order valence-electron chi connectivity index (χ0n) is 9.68. The van der Waals surface area contributed by atoms with Crippen LogP contribution >= 0.6 is 59.4 Å². The molecule has 0 amide bonds. The van der Waals surface area contributed by atoms with Crippen LogP contribution in [0.1, 0.15) is 30.9 Å². The van der Waals surface area contributed by atoms with Crippen molar-refractivity contribution in [3.05, 3.63) is 32.8 Å². The molecule has 0 spiro atoms. The van der Waals surface area contributed by atoms with Gasteiger partial charge in [-0.15, -0.1) is 0 Å². The summed E-state index contributed by atoms with van der Waals surface area (Å²) in [5.41, 5.74) is 2.70. The van der Waals surface area contributed by atoms with Gasteiger partial charge in [0.15, 0.2) is 0 Å². The standard InChI is InChI=1S/C13H14Br3Cl/c1-6(14)8-5-9-11(17)4-3-10(16)13(9)12(8)7(2)15/h3-4,6-8,12H,5H2,1-2H3/t6?,7?,8-,12-/m0/s1. The zero-order chi connectivity index (χ0) is 12.7. The van der Waals surface area contributed by atoms with Crippen LogP contribution in [0.25, 0.3) is 0 Å². The molecule has 94 valence electrons. The quantitative estimate of drug-likeness (QED) is 0.496. The third-order valence-electron chi connectivity index (χ3n) is 3.57. The highest BCUT2D eigenvalue weighted by atomic mass is 79.9. The summed E-state index contributed by atoms with van der Waals surface area (Å²) in [6.07, 6.45) is 1.06. The summed E-state index contributed by atoms with van der Waals surface area (Å²) in [4.78, 5) is 0.936. The van der Waals surface area contributed by atoms with Crippen molar-refractivity contribution in [3.63, 3.8) is 0 Å². The van der Waals surface area contributed by atoms with E-state index >= 15 is 0 Å². The number of halogens is 4. The zero-order valence-corrected chi connectivity index (χ0v) is 15.2. The topological polar surface area (TPSA) is 0 Å². The average molecular weight is 445 g/mol. The van der Waals surface area contributed by atoms with Gasteiger partial charge in [-0.1, -0.05) is 73.2 Å². The van der Waals surface area contributed by atoms with Crippen molar-refractivity contribution in [2.75, 3.05) is 0 Å². The molecule has 0 saturated heterocycles. The summed E-state index contributed by atoms with van der Waals surface area (Å²) < 4.78 is 1.18. The fourth-order valence-electron chi connectivity index (χ4n) is 2.77. The van der Waals surface area contributed by atoms with Crippen LogP contribution < -0.4 is 0 Å². The molecule has 1 aromatic rings. The lowest BCUT2D eigenvalue weighted by molar-refractivity contribution is 0.457. The molecule has 1 aliphatic carbocycles. The predicted molar refractivity (Wildman–Crippen MR) is 85.9 cm³/mol. The lowest BCUT2D eigenvalue weighted by Crippen LogP contribution is -2.22. The lowest BCUT2D eigenvalue weighted by atomic mass is 9.88. The highest BCUT2D eigenvalue weighted by Gasteiger charge is 2.39. The smallest absolute Gasteiger partial charge is 0.0441 e. The Hall–Kier alpha value is 0.950. The van der Waals surface area contributed by atoms with E-state index in [1.807, 2.05) is 6.07 Å². The number of fused-ring (bicyclic) bond motifs is 1. The van der Waals surface area contributed by atoms with Crippen LogP contribution in [0.4, 0.5) is 0 Å². The van der Waals surface area contributed by atoms with E-state index in [2.05, 4.69) is 67.7 Å². The monoisotopic (exact) mass is 442 g/mol. The molecular weight excluding hydrogens is 431 g/mol. The lowest BCUT2D eigenvalue weighted by Gasteiger charge is -2.25. The van der Waals surface area contributed by atoms with Crippen LogP contribution in [0.3, 0.4) is 0 Å². The van der Waals surface area contributed by atoms with Crippen LogP contribution in [0.5, 0.6) is 0 Å². The Kier molecular flexibility index (Phi) is 4.66. The molecule has 0 aliphatic heterocycles. The molecule has 1 aliphatic rings. The van der Waals surface area contributed by atoms with E-state index in [1.54, 1.807) is 0 Å². The summed E-state index contributed by atoms with van der Waals surface area (Å²) in [7, 11) is 0. The van der Waals surface area contributed by atoms with Crippen LogP contribution in [0.15, 0.2) is 16.6 Å². The molecule has 0 N–H and O–H groups in total. The van der Waals surface area contributed by atoms with Crippen LogP contribution in [-0.2, 0) is 6.42 Å². The molecule has 2 rings (SSSR count). The maximum atomic E-state index is 6.33. The van der Waals surface area contributed by atoms with Gasteiger partial charge in [0.25, 0.3) is 0 Å². The first-order chi connectivity index (χ1) is 7.93. The van der Waals surface area contributed by atoms with E-state index in [4.69, 9.17) is 11.6 Å². The van der Waals surface area contributed by atoms with Crippen LogP contribution in [0, 0.1) is 5.92 Å². The fraction of sp³-hybridized carbons (Fsp3) is 0.538. The van der Waals surface area contributed by atoms with Crippen molar-refractivity contribution in [1.82, 2.24) is 0 Å². The minimum Gasteiger partial charge on any atom is -0.0890 e. The molecule has 0 saturated carbocycles. The van der Waals surface area contributed by atoms with Gasteiger partial charge in [0.2, 0.25) is 0 Å². The molecule has 2 unspecified atom stereocenters. The summed E-state index contributed by atoms with van der Waals surface area (Å²) in [6.45, 7) is 4.44. The fourth-order valence-corrected chi connectivity index (χ4v) is 4.82. The molecule has 0 fully saturated rings. The van der Waals surface area contributed by atoms with E-state index < -0.39 is 0 Å². The third kappa shape index (κ3) is 2.63. The SMILES string of the molecule is CC(Br)[C@@H]1Cc2c(Cl)ccc(Br)c2[C@H]1C(C)Br. The first-order valence-electron chi connectivity index (χ1n) is 5.68. The van der Waals surface area contributed by atoms with Crippen LogP contribution in [-0.4, -0.2) is 9.65 Å². The van der Waals surface area contributed by atoms with Crippen LogP contribution in [0.2, 0.25) is 5.02 Å². The average Bonchev–Trinajstić information content (AvgIpc) is 2.64. The first-order valence-corrected chi connectivity index (χ1v) is 8.68. The Bertz CT molecular complexity index is 429. The highest BCUT2D eigenvalue weighted by molar-refractivity contribution is 9.10. The molecule has 0 radical (unpaired) electrons. The predicted octanol–water partition coefficient (Wildman–Crippen LogP) is 5.93. The van der Waals surface area contributed by atoms with E-state index in [-0.39, 0.29) is 0 Å². The van der Waals surface area contributed by atoms with Gasteiger partial charge in [0.05, 0.1) is 0 Å². The van der Waals surface area contributed by atoms with Gasteiger partial charge in [-0.2, -0.15) is 0 Å². The van der Waals surface area contributed by atoms with E-state index in [1.165, 1.54) is 15.6 Å². The number of hydrogen-bond donors (Lipinski definition) is 0. The van der Waals surface area contributed by atoms with Crippen molar-refractivity contribution >= 4 is 59.4 Å². The molecule has 0 bridgehead atoms. The van der Waals surface area contributed by atoms with E-state index in [0.29, 0.717) is 21.5 Å². The number of rotatable bonds is 2. The maximum absolute atomic E-state index is 6.33. The molecule has 1 aromatic carbocycles. The summed E-state index contributed by atoms with van der Waals surface area (Å²) in [5, 5.41) is 0.900. The van der Waals surface area contributed by atoms with E-state index in [0.717, 1.165) is 11.4 Å². The Morgan fingerprint density at radius 1 is 1.24 bits per heavy atom. The molecule has 4 heteroatoms. The van der Waals surface area contributed by atoms with Crippen molar-refractivity contribution in [1.29, 1.82) is 0 Å². The Labute approximate surface area is 133 Å². The van der Waals surface area contributed by atoms with Gasteiger partial charge >= 0.3 is 0 Å². The number of benzene rings is 1. The van der Waals surface area contributed by atoms with Gasteiger partial charge in [0, 0.05) is 25.1 Å². The van der Waals surface area contributed by atoms with Gasteiger partial charge in [-0.25, -0.2) is 0 Å². The van der Waals surface area contributed by atoms with Crippen molar-refractivity contribution in [2.24, 2.45) is 5.92 Å². The highest BCUT2D eigenvalue weighted by Crippen LogP contribution is 2.50. The normalized spacial score (nSPS) is 26.7. The summed E-state index contributed by atoms with van der Waals surface area (Å²) in [5.74, 6) is 1.10. The third-order valence-corrected chi connectivity index (χ3v) is 5.86. The second-order valence-corrected chi connectivity index (χ2v) is 8.82. The maximum Gasteiger partial charge on any atom is 0.0441 e. The van der Waals surface area contributed by atoms with Gasteiger partial charge < -0.3 is 0 Å². The Balaban J connectivity index is 2.54. The number of hydrogen-bond acceptors (Lipinski definition) is 0. The summed E-state index contributed by atoms with van der Waals surface area (Å²) >= 11 is 17.5. The molecule has 0 nitrogen and oxygen atoms in total. The molecule has 17 heavy (non-hydrogen) atoms. The van der Waals surface area contributed by atoms with Gasteiger partial charge in [-0.05, 0) is 35.6 Å². The molecular formula is C13H14Br3Cl. The van der Waals surface area contributed by atoms with Crippen molar-refractivity contribution < 1.29 is 0 Å². The van der Waals surface area contributed by atoms with Crippen molar-refractivity contribution in [3.8, 4) is 0 Å². The molecule has 0 heterocycles. The second kappa shape index (κ2) is 5.52. The van der Waals surface area contributed by atoms with Gasteiger partial charge in [0.1, 0.15) is 0 Å². The molecule has 0 aromatic heterocycles. The van der Waals surface area contributed by atoms with E-state index in [9.17, 15) is 0 Å². The Morgan fingerprint density at radius 2 is 1.88 bits per heavy atom. The second-order valence-electron chi connectivity index (χ2n) is 4.67. The van der Waals surface area contributed by atoms with Crippen molar-refractivity contribution in [2.45, 2.75) is 35.8 Å². The summed E-state index contributed by atoms with van der Waals surface area (Å²) in [6, 6.07) is 4.05. The number of alkyl halides is 2. The minimum absolute atomic E-state index is 0.448.